The van der Waals surface area contributed by atoms with Crippen molar-refractivity contribution in [2.24, 2.45) is 22.7 Å². The zero-order chi connectivity index (χ0) is 15.3. The average Bonchev–Trinajstić information content (AvgIpc) is 2.35. The van der Waals surface area contributed by atoms with Gasteiger partial charge in [-0.1, -0.05) is 13.8 Å². The van der Waals surface area contributed by atoms with Gasteiger partial charge in [-0.2, -0.15) is 0 Å². The Bertz CT molecular complexity index is 482. The molecule has 0 aliphatic heterocycles. The van der Waals surface area contributed by atoms with Gasteiger partial charge in [-0.15, -0.1) is 0 Å². The molecule has 0 aromatic rings. The van der Waals surface area contributed by atoms with Crippen LogP contribution >= 0.6 is 0 Å². The second-order valence-corrected chi connectivity index (χ2v) is 11.0. The molecule has 0 radical (unpaired) electrons. The standard InChI is InChI=1S/C17H30O3S/c1-3-21(19,20)6-4-5-15(18)17-10-13-7-14(11-17)9-16(2,8-13)12-17/h13-15,18H,3-12H2,1-2H3. The van der Waals surface area contributed by atoms with Crippen molar-refractivity contribution < 1.29 is 13.5 Å². The first-order valence-corrected chi connectivity index (χ1v) is 10.5. The average molecular weight is 314 g/mol. The van der Waals surface area contributed by atoms with E-state index in [-0.39, 0.29) is 23.0 Å². The van der Waals surface area contributed by atoms with Crippen LogP contribution in [0.25, 0.3) is 0 Å². The summed E-state index contributed by atoms with van der Waals surface area (Å²) in [5.74, 6) is 2.08. The molecule has 4 aliphatic rings. The largest absolute Gasteiger partial charge is 0.393 e. The van der Waals surface area contributed by atoms with Crippen molar-refractivity contribution in [3.05, 3.63) is 0 Å². The lowest BCUT2D eigenvalue weighted by atomic mass is 9.43. The second-order valence-electron chi connectivity index (χ2n) is 8.53. The van der Waals surface area contributed by atoms with Crippen molar-refractivity contribution in [2.75, 3.05) is 11.5 Å². The smallest absolute Gasteiger partial charge is 0.150 e. The summed E-state index contributed by atoms with van der Waals surface area (Å²) in [7, 11) is -2.89. The molecule has 3 nitrogen and oxygen atoms in total. The van der Waals surface area contributed by atoms with Crippen LogP contribution in [0.4, 0.5) is 0 Å². The number of aliphatic hydroxyl groups excluding tert-OH is 1. The van der Waals surface area contributed by atoms with Crippen LogP contribution in [0.5, 0.6) is 0 Å². The van der Waals surface area contributed by atoms with Crippen molar-refractivity contribution in [1.29, 1.82) is 0 Å². The fourth-order valence-corrected chi connectivity index (χ4v) is 7.03. The molecule has 4 aliphatic carbocycles. The Morgan fingerprint density at radius 2 is 1.81 bits per heavy atom. The highest BCUT2D eigenvalue weighted by atomic mass is 32.2. The first kappa shape index (κ1) is 15.8. The van der Waals surface area contributed by atoms with Gasteiger partial charge in [0.05, 0.1) is 11.9 Å². The van der Waals surface area contributed by atoms with Crippen LogP contribution in [0, 0.1) is 22.7 Å². The molecule has 0 spiro atoms. The molecular formula is C17H30O3S. The van der Waals surface area contributed by atoms with Crippen LogP contribution in [0.3, 0.4) is 0 Å². The minimum absolute atomic E-state index is 0.106. The third-order valence-corrected chi connectivity index (χ3v) is 8.27. The summed E-state index contributed by atoms with van der Waals surface area (Å²) in [6.45, 7) is 4.11. The molecule has 0 saturated heterocycles. The van der Waals surface area contributed by atoms with Crippen LogP contribution in [-0.4, -0.2) is 31.1 Å². The van der Waals surface area contributed by atoms with E-state index in [1.165, 1.54) is 32.1 Å². The first-order valence-electron chi connectivity index (χ1n) is 8.64. The zero-order valence-corrected chi connectivity index (χ0v) is 14.3. The fourth-order valence-electron chi connectivity index (χ4n) is 6.14. The number of rotatable bonds is 6. The third kappa shape index (κ3) is 3.03. The molecule has 1 N–H and O–H groups in total. The highest BCUT2D eigenvalue weighted by Gasteiger charge is 2.57. The summed E-state index contributed by atoms with van der Waals surface area (Å²) in [5.41, 5.74) is 0.551. The molecule has 0 heterocycles. The Balaban J connectivity index is 1.63. The molecule has 4 heteroatoms. The molecule has 0 aromatic carbocycles. The molecule has 4 rings (SSSR count). The number of sulfone groups is 1. The van der Waals surface area contributed by atoms with Gasteiger partial charge < -0.3 is 5.11 Å². The molecule has 0 aromatic heterocycles. The highest BCUT2D eigenvalue weighted by molar-refractivity contribution is 7.91. The van der Waals surface area contributed by atoms with E-state index in [4.69, 9.17) is 0 Å². The van der Waals surface area contributed by atoms with Crippen LogP contribution in [0.2, 0.25) is 0 Å². The lowest BCUT2D eigenvalue weighted by molar-refractivity contribution is -0.154. The Hall–Kier alpha value is -0.0900. The van der Waals surface area contributed by atoms with E-state index < -0.39 is 9.84 Å². The summed E-state index contributed by atoms with van der Waals surface area (Å²) in [4.78, 5) is 0. The van der Waals surface area contributed by atoms with Gasteiger partial charge in [-0.3, -0.25) is 0 Å². The minimum Gasteiger partial charge on any atom is -0.393 e. The summed E-state index contributed by atoms with van der Waals surface area (Å²) in [6, 6.07) is 0. The van der Waals surface area contributed by atoms with Crippen molar-refractivity contribution >= 4 is 9.84 Å². The summed E-state index contributed by atoms with van der Waals surface area (Å²) in [5, 5.41) is 10.8. The van der Waals surface area contributed by atoms with E-state index in [0.29, 0.717) is 18.3 Å². The minimum atomic E-state index is -2.89. The van der Waals surface area contributed by atoms with Crippen LogP contribution in [0.15, 0.2) is 0 Å². The van der Waals surface area contributed by atoms with Crippen molar-refractivity contribution in [3.8, 4) is 0 Å². The van der Waals surface area contributed by atoms with E-state index in [9.17, 15) is 13.5 Å². The second kappa shape index (κ2) is 5.23. The Kier molecular flexibility index (Phi) is 3.93. The van der Waals surface area contributed by atoms with E-state index >= 15 is 0 Å². The van der Waals surface area contributed by atoms with Gasteiger partial charge in [0, 0.05) is 5.75 Å². The summed E-state index contributed by atoms with van der Waals surface area (Å²) >= 11 is 0. The van der Waals surface area contributed by atoms with Gasteiger partial charge >= 0.3 is 0 Å². The van der Waals surface area contributed by atoms with Crippen molar-refractivity contribution in [3.63, 3.8) is 0 Å². The lowest BCUT2D eigenvalue weighted by Gasteiger charge is -2.62. The van der Waals surface area contributed by atoms with Gasteiger partial charge in [0.25, 0.3) is 0 Å². The van der Waals surface area contributed by atoms with Gasteiger partial charge in [0.2, 0.25) is 0 Å². The van der Waals surface area contributed by atoms with E-state index in [1.54, 1.807) is 6.92 Å². The SMILES string of the molecule is CCS(=O)(=O)CCCC(O)C12CC3CC(CC(C)(C3)C1)C2. The van der Waals surface area contributed by atoms with E-state index in [2.05, 4.69) is 6.92 Å². The van der Waals surface area contributed by atoms with Crippen LogP contribution < -0.4 is 0 Å². The molecule has 122 valence electrons. The van der Waals surface area contributed by atoms with Crippen molar-refractivity contribution in [2.45, 2.75) is 71.3 Å². The molecule has 4 bridgehead atoms. The zero-order valence-electron chi connectivity index (χ0n) is 13.5. The Morgan fingerprint density at radius 1 is 1.19 bits per heavy atom. The quantitative estimate of drug-likeness (QED) is 0.819. The molecule has 21 heavy (non-hydrogen) atoms. The van der Waals surface area contributed by atoms with Gasteiger partial charge in [0.1, 0.15) is 9.84 Å². The van der Waals surface area contributed by atoms with Gasteiger partial charge in [-0.25, -0.2) is 8.42 Å². The maximum atomic E-state index is 11.6. The summed E-state index contributed by atoms with van der Waals surface area (Å²) in [6.07, 6.45) is 8.57. The van der Waals surface area contributed by atoms with Crippen LogP contribution in [0.1, 0.15) is 65.2 Å². The maximum Gasteiger partial charge on any atom is 0.150 e. The molecular weight excluding hydrogens is 284 g/mol. The molecule has 3 atom stereocenters. The predicted molar refractivity (Wildman–Crippen MR) is 84.8 cm³/mol. The monoisotopic (exact) mass is 314 g/mol. The van der Waals surface area contributed by atoms with E-state index in [1.807, 2.05) is 0 Å². The number of hydrogen-bond acceptors (Lipinski definition) is 3. The van der Waals surface area contributed by atoms with Gasteiger partial charge in [0.15, 0.2) is 0 Å². The summed E-state index contributed by atoms with van der Waals surface area (Å²) < 4.78 is 23.2. The molecule has 4 fully saturated rings. The normalized spacial score (nSPS) is 43.2. The van der Waals surface area contributed by atoms with Crippen LogP contribution in [-0.2, 0) is 9.84 Å². The topological polar surface area (TPSA) is 54.4 Å². The predicted octanol–water partition coefficient (Wildman–Crippen LogP) is 3.17. The third-order valence-electron chi connectivity index (χ3n) is 6.48. The number of aliphatic hydroxyl groups is 1. The molecule has 3 unspecified atom stereocenters. The van der Waals surface area contributed by atoms with E-state index in [0.717, 1.165) is 18.3 Å². The highest BCUT2D eigenvalue weighted by Crippen LogP contribution is 2.66. The van der Waals surface area contributed by atoms with Gasteiger partial charge in [-0.05, 0) is 74.0 Å². The molecule has 0 amide bonds. The first-order chi connectivity index (χ1) is 9.76. The van der Waals surface area contributed by atoms with Crippen molar-refractivity contribution in [1.82, 2.24) is 0 Å². The Labute approximate surface area is 129 Å². The fraction of sp³-hybridized carbons (Fsp3) is 1.00. The lowest BCUT2D eigenvalue weighted by Crippen LogP contribution is -2.55. The Morgan fingerprint density at radius 3 is 2.33 bits per heavy atom. The number of hydrogen-bond donors (Lipinski definition) is 1. The molecule has 4 saturated carbocycles. The maximum absolute atomic E-state index is 11.6.